The summed E-state index contributed by atoms with van der Waals surface area (Å²) in [6.07, 6.45) is 4.35. The molecule has 1 aromatic heterocycles. The van der Waals surface area contributed by atoms with Crippen molar-refractivity contribution >= 4 is 5.97 Å². The van der Waals surface area contributed by atoms with Crippen LogP contribution in [0.3, 0.4) is 0 Å². The first kappa shape index (κ1) is 15.7. The molecule has 1 fully saturated rings. The quantitative estimate of drug-likeness (QED) is 0.909. The predicted molar refractivity (Wildman–Crippen MR) is 88.7 cm³/mol. The fraction of sp³-hybridized carbons (Fsp3) is 0.421. The molecular weight excluding hydrogens is 288 g/mol. The molecule has 1 aliphatic rings. The third kappa shape index (κ3) is 3.41. The summed E-state index contributed by atoms with van der Waals surface area (Å²) in [7, 11) is 0. The highest BCUT2D eigenvalue weighted by Crippen LogP contribution is 2.43. The van der Waals surface area contributed by atoms with Crippen molar-refractivity contribution in [3.05, 3.63) is 58.7 Å². The zero-order valence-corrected chi connectivity index (χ0v) is 13.6. The Morgan fingerprint density at radius 3 is 2.52 bits per heavy atom. The summed E-state index contributed by atoms with van der Waals surface area (Å²) in [6, 6.07) is 10.7. The van der Waals surface area contributed by atoms with E-state index in [1.165, 1.54) is 18.4 Å². The fourth-order valence-electron chi connectivity index (χ4n) is 3.45. The van der Waals surface area contributed by atoms with Gasteiger partial charge >= 0.3 is 5.97 Å². The van der Waals surface area contributed by atoms with Gasteiger partial charge in [0.05, 0.1) is 0 Å². The standard InChI is InChI=1S/C19H22N2O2/c1-12-17(20-13(2)21-18(12)19(22)23)9-8-14-10-16(11-14)15-6-4-3-5-7-15/h3-7,14,16H,8-11H2,1-2H3,(H,22,23). The third-order valence-electron chi connectivity index (χ3n) is 4.86. The number of carboxylic acid groups (broad SMARTS) is 1. The molecule has 0 aliphatic heterocycles. The zero-order chi connectivity index (χ0) is 16.4. The summed E-state index contributed by atoms with van der Waals surface area (Å²) in [5.74, 6) is 0.966. The minimum Gasteiger partial charge on any atom is -0.477 e. The van der Waals surface area contributed by atoms with E-state index in [9.17, 15) is 9.90 Å². The van der Waals surface area contributed by atoms with Gasteiger partial charge in [-0.3, -0.25) is 0 Å². The number of nitrogens with zero attached hydrogens (tertiary/aromatic N) is 2. The van der Waals surface area contributed by atoms with Crippen LogP contribution >= 0.6 is 0 Å². The van der Waals surface area contributed by atoms with Crippen molar-refractivity contribution in [2.45, 2.75) is 45.4 Å². The van der Waals surface area contributed by atoms with Crippen molar-refractivity contribution in [2.24, 2.45) is 5.92 Å². The number of hydrogen-bond donors (Lipinski definition) is 1. The summed E-state index contributed by atoms with van der Waals surface area (Å²) in [5, 5.41) is 9.22. The molecular formula is C19H22N2O2. The molecule has 1 aromatic carbocycles. The molecule has 0 saturated heterocycles. The second-order valence-corrected chi connectivity index (χ2v) is 6.48. The summed E-state index contributed by atoms with van der Waals surface area (Å²) in [5.41, 5.74) is 3.18. The maximum absolute atomic E-state index is 11.2. The molecule has 4 nitrogen and oxygen atoms in total. The van der Waals surface area contributed by atoms with Crippen LogP contribution in [0.5, 0.6) is 0 Å². The second kappa shape index (κ2) is 6.49. The summed E-state index contributed by atoms with van der Waals surface area (Å²) < 4.78 is 0. The Morgan fingerprint density at radius 1 is 1.17 bits per heavy atom. The lowest BCUT2D eigenvalue weighted by Gasteiger charge is -2.36. The molecule has 0 amide bonds. The van der Waals surface area contributed by atoms with Gasteiger partial charge in [-0.05, 0) is 56.9 Å². The Hall–Kier alpha value is -2.23. The fourth-order valence-corrected chi connectivity index (χ4v) is 3.45. The maximum Gasteiger partial charge on any atom is 0.354 e. The van der Waals surface area contributed by atoms with Crippen LogP contribution in [0.25, 0.3) is 0 Å². The lowest BCUT2D eigenvalue weighted by atomic mass is 9.69. The Labute approximate surface area is 136 Å². The van der Waals surface area contributed by atoms with E-state index in [-0.39, 0.29) is 5.69 Å². The smallest absolute Gasteiger partial charge is 0.354 e. The van der Waals surface area contributed by atoms with Gasteiger partial charge in [0.1, 0.15) is 5.82 Å². The predicted octanol–water partition coefficient (Wildman–Crippen LogP) is 3.92. The molecule has 3 rings (SSSR count). The highest BCUT2D eigenvalue weighted by molar-refractivity contribution is 5.87. The van der Waals surface area contributed by atoms with Crippen LogP contribution in [-0.2, 0) is 6.42 Å². The molecule has 120 valence electrons. The van der Waals surface area contributed by atoms with Crippen LogP contribution in [-0.4, -0.2) is 21.0 Å². The van der Waals surface area contributed by atoms with Gasteiger partial charge in [0, 0.05) is 11.3 Å². The van der Waals surface area contributed by atoms with Crippen molar-refractivity contribution in [3.8, 4) is 0 Å². The largest absolute Gasteiger partial charge is 0.477 e. The average molecular weight is 310 g/mol. The Kier molecular flexibility index (Phi) is 4.42. The van der Waals surface area contributed by atoms with Crippen LogP contribution in [0.15, 0.2) is 30.3 Å². The number of carbonyl (C=O) groups is 1. The summed E-state index contributed by atoms with van der Waals surface area (Å²) in [6.45, 7) is 3.57. The van der Waals surface area contributed by atoms with E-state index in [1.54, 1.807) is 6.92 Å². The van der Waals surface area contributed by atoms with Gasteiger partial charge in [-0.25, -0.2) is 14.8 Å². The molecule has 1 heterocycles. The topological polar surface area (TPSA) is 63.1 Å². The second-order valence-electron chi connectivity index (χ2n) is 6.48. The number of benzene rings is 1. The number of aromatic nitrogens is 2. The molecule has 1 N–H and O–H groups in total. The van der Waals surface area contributed by atoms with Crippen LogP contribution in [0.2, 0.25) is 0 Å². The van der Waals surface area contributed by atoms with E-state index in [0.29, 0.717) is 23.2 Å². The third-order valence-corrected chi connectivity index (χ3v) is 4.86. The number of hydrogen-bond acceptors (Lipinski definition) is 3. The molecule has 0 unspecified atom stereocenters. The highest BCUT2D eigenvalue weighted by atomic mass is 16.4. The number of aromatic carboxylic acids is 1. The van der Waals surface area contributed by atoms with Crippen molar-refractivity contribution in [1.82, 2.24) is 9.97 Å². The van der Waals surface area contributed by atoms with Crippen LogP contribution in [0.1, 0.15) is 58.3 Å². The van der Waals surface area contributed by atoms with Crippen LogP contribution in [0, 0.1) is 19.8 Å². The maximum atomic E-state index is 11.2. The Bertz CT molecular complexity index is 707. The van der Waals surface area contributed by atoms with Gasteiger partial charge in [0.25, 0.3) is 0 Å². The SMILES string of the molecule is Cc1nc(CCC2CC(c3ccccc3)C2)c(C)c(C(=O)O)n1. The molecule has 1 aliphatic carbocycles. The number of rotatable bonds is 5. The average Bonchev–Trinajstić information content (AvgIpc) is 2.49. The van der Waals surface area contributed by atoms with E-state index < -0.39 is 5.97 Å². The van der Waals surface area contributed by atoms with E-state index >= 15 is 0 Å². The molecule has 23 heavy (non-hydrogen) atoms. The number of aryl methyl sites for hydroxylation is 2. The van der Waals surface area contributed by atoms with Gasteiger partial charge in [-0.15, -0.1) is 0 Å². The number of carboxylic acids is 1. The van der Waals surface area contributed by atoms with Crippen molar-refractivity contribution in [1.29, 1.82) is 0 Å². The first-order chi connectivity index (χ1) is 11.0. The zero-order valence-electron chi connectivity index (χ0n) is 13.6. The van der Waals surface area contributed by atoms with Gasteiger partial charge in [-0.1, -0.05) is 30.3 Å². The Balaban J connectivity index is 1.59. The summed E-state index contributed by atoms with van der Waals surface area (Å²) >= 11 is 0. The minimum atomic E-state index is -0.970. The van der Waals surface area contributed by atoms with E-state index in [4.69, 9.17) is 0 Å². The van der Waals surface area contributed by atoms with E-state index in [2.05, 4.69) is 40.3 Å². The minimum absolute atomic E-state index is 0.142. The monoisotopic (exact) mass is 310 g/mol. The Morgan fingerprint density at radius 2 is 1.87 bits per heavy atom. The molecule has 0 atom stereocenters. The first-order valence-electron chi connectivity index (χ1n) is 8.17. The molecule has 0 bridgehead atoms. The lowest BCUT2D eigenvalue weighted by Crippen LogP contribution is -2.22. The van der Waals surface area contributed by atoms with Crippen molar-refractivity contribution in [3.63, 3.8) is 0 Å². The first-order valence-corrected chi connectivity index (χ1v) is 8.17. The molecule has 1 saturated carbocycles. The molecule has 4 heteroatoms. The lowest BCUT2D eigenvalue weighted by molar-refractivity contribution is 0.0689. The normalized spacial score (nSPS) is 20.1. The van der Waals surface area contributed by atoms with E-state index in [0.717, 1.165) is 18.5 Å². The van der Waals surface area contributed by atoms with E-state index in [1.807, 2.05) is 6.92 Å². The highest BCUT2D eigenvalue weighted by Gasteiger charge is 2.30. The molecule has 2 aromatic rings. The van der Waals surface area contributed by atoms with Gasteiger partial charge < -0.3 is 5.11 Å². The summed E-state index contributed by atoms with van der Waals surface area (Å²) in [4.78, 5) is 19.7. The van der Waals surface area contributed by atoms with Gasteiger partial charge in [0.2, 0.25) is 0 Å². The van der Waals surface area contributed by atoms with Crippen LogP contribution in [0.4, 0.5) is 0 Å². The van der Waals surface area contributed by atoms with Gasteiger partial charge in [0.15, 0.2) is 5.69 Å². The van der Waals surface area contributed by atoms with Gasteiger partial charge in [-0.2, -0.15) is 0 Å². The van der Waals surface area contributed by atoms with Crippen molar-refractivity contribution < 1.29 is 9.90 Å². The van der Waals surface area contributed by atoms with Crippen molar-refractivity contribution in [2.75, 3.05) is 0 Å². The van der Waals surface area contributed by atoms with Crippen LogP contribution < -0.4 is 0 Å². The molecule has 0 radical (unpaired) electrons. The molecule has 0 spiro atoms.